The molecule has 1 aromatic rings. The third-order valence-corrected chi connectivity index (χ3v) is 5.69. The van der Waals surface area contributed by atoms with E-state index in [1.54, 1.807) is 11.8 Å². The van der Waals surface area contributed by atoms with E-state index in [2.05, 4.69) is 0 Å². The molecular weight excluding hydrogens is 306 g/mol. The summed E-state index contributed by atoms with van der Waals surface area (Å²) in [4.78, 5) is 26.7. The fourth-order valence-corrected chi connectivity index (χ4v) is 4.04. The van der Waals surface area contributed by atoms with Gasteiger partial charge in [-0.25, -0.2) is 0 Å². The van der Waals surface area contributed by atoms with Crippen molar-refractivity contribution in [3.05, 3.63) is 35.4 Å². The minimum absolute atomic E-state index is 0.0603. The summed E-state index contributed by atoms with van der Waals surface area (Å²) in [5.41, 5.74) is 0.733. The Balaban J connectivity index is 1.94. The third-order valence-electron chi connectivity index (χ3n) is 5.69. The van der Waals surface area contributed by atoms with Crippen molar-refractivity contribution >= 4 is 11.9 Å². The molecule has 0 aliphatic carbocycles. The normalized spacial score (nSPS) is 26.3. The minimum atomic E-state index is -0.840. The largest absolute Gasteiger partial charge is 0.481 e. The van der Waals surface area contributed by atoms with Gasteiger partial charge in [-0.2, -0.15) is 0 Å². The van der Waals surface area contributed by atoms with E-state index in [4.69, 9.17) is 4.74 Å². The lowest BCUT2D eigenvalue weighted by atomic mass is 9.71. The molecule has 1 amide bonds. The van der Waals surface area contributed by atoms with Crippen LogP contribution in [0.2, 0.25) is 0 Å². The Morgan fingerprint density at radius 2 is 1.83 bits per heavy atom. The maximum absolute atomic E-state index is 13.5. The van der Waals surface area contributed by atoms with Gasteiger partial charge in [-0.05, 0) is 44.2 Å². The quantitative estimate of drug-likeness (QED) is 0.923. The number of carbonyl (C=O) groups excluding carboxylic acids is 1. The Morgan fingerprint density at radius 3 is 2.42 bits per heavy atom. The summed E-state index contributed by atoms with van der Waals surface area (Å²) in [6, 6.07) is 8.02. The lowest BCUT2D eigenvalue weighted by Crippen LogP contribution is -2.50. The first-order valence-electron chi connectivity index (χ1n) is 8.56. The molecule has 2 aliphatic rings. The predicted octanol–water partition coefficient (Wildman–Crippen LogP) is 2.37. The van der Waals surface area contributed by atoms with E-state index in [1.165, 1.54) is 0 Å². The summed E-state index contributed by atoms with van der Waals surface area (Å²) in [6.45, 7) is 5.68. The van der Waals surface area contributed by atoms with E-state index < -0.39 is 16.8 Å². The number of aliphatic carboxylic acids is 1. The Labute approximate surface area is 142 Å². The zero-order valence-corrected chi connectivity index (χ0v) is 14.4. The number of amides is 1. The van der Waals surface area contributed by atoms with E-state index in [-0.39, 0.29) is 12.5 Å². The third kappa shape index (κ3) is 2.71. The molecule has 0 spiro atoms. The highest BCUT2D eigenvalue weighted by molar-refractivity contribution is 5.90. The Kier molecular flexibility index (Phi) is 4.38. The van der Waals surface area contributed by atoms with Crippen molar-refractivity contribution in [1.29, 1.82) is 0 Å². The number of nitrogens with zero attached hydrogens (tertiary/aromatic N) is 1. The summed E-state index contributed by atoms with van der Waals surface area (Å²) >= 11 is 0. The monoisotopic (exact) mass is 331 g/mol. The molecule has 0 saturated carbocycles. The van der Waals surface area contributed by atoms with Gasteiger partial charge in [-0.1, -0.05) is 24.3 Å². The van der Waals surface area contributed by atoms with Gasteiger partial charge >= 0.3 is 5.97 Å². The number of carboxylic acid groups (broad SMARTS) is 1. The highest BCUT2D eigenvalue weighted by Crippen LogP contribution is 2.41. The van der Waals surface area contributed by atoms with Crippen LogP contribution in [0, 0.1) is 12.3 Å². The van der Waals surface area contributed by atoms with E-state index in [0.717, 1.165) is 11.1 Å². The SMILES string of the molecule is Cc1ccccc1C1(C(=O)N2CCC(C)(C(=O)O)C2)CCOCC1. The highest BCUT2D eigenvalue weighted by Gasteiger charge is 2.49. The summed E-state index contributed by atoms with van der Waals surface area (Å²) in [6.07, 6.45) is 1.81. The van der Waals surface area contributed by atoms with Crippen molar-refractivity contribution in [3.8, 4) is 0 Å². The molecule has 24 heavy (non-hydrogen) atoms. The predicted molar refractivity (Wildman–Crippen MR) is 89.8 cm³/mol. The van der Waals surface area contributed by atoms with Gasteiger partial charge in [0.1, 0.15) is 0 Å². The van der Waals surface area contributed by atoms with Gasteiger partial charge in [0, 0.05) is 26.3 Å². The first kappa shape index (κ1) is 17.0. The Bertz CT molecular complexity index is 651. The van der Waals surface area contributed by atoms with Crippen LogP contribution in [0.3, 0.4) is 0 Å². The van der Waals surface area contributed by atoms with E-state index in [9.17, 15) is 14.7 Å². The molecule has 1 atom stereocenters. The van der Waals surface area contributed by atoms with Crippen LogP contribution < -0.4 is 0 Å². The summed E-state index contributed by atoms with van der Waals surface area (Å²) < 4.78 is 5.51. The second-order valence-corrected chi connectivity index (χ2v) is 7.35. The Hall–Kier alpha value is -1.88. The molecule has 5 heteroatoms. The number of aryl methyl sites for hydroxylation is 1. The Morgan fingerprint density at radius 1 is 1.17 bits per heavy atom. The van der Waals surface area contributed by atoms with Gasteiger partial charge in [0.05, 0.1) is 10.8 Å². The molecule has 3 rings (SSSR count). The van der Waals surface area contributed by atoms with Crippen LogP contribution in [0.1, 0.15) is 37.3 Å². The zero-order valence-electron chi connectivity index (χ0n) is 14.4. The fourth-order valence-electron chi connectivity index (χ4n) is 4.04. The van der Waals surface area contributed by atoms with Crippen LogP contribution in [0.15, 0.2) is 24.3 Å². The molecule has 130 valence electrons. The van der Waals surface area contributed by atoms with Crippen molar-refractivity contribution in [2.75, 3.05) is 26.3 Å². The van der Waals surface area contributed by atoms with E-state index >= 15 is 0 Å². The van der Waals surface area contributed by atoms with Crippen molar-refractivity contribution in [3.63, 3.8) is 0 Å². The standard InChI is InChI=1S/C19H25NO4/c1-14-5-3-4-6-15(14)19(8-11-24-12-9-19)16(21)20-10-7-18(2,13-20)17(22)23/h3-6H,7-13H2,1-2H3,(H,22,23). The highest BCUT2D eigenvalue weighted by atomic mass is 16.5. The second kappa shape index (κ2) is 6.20. The molecule has 1 aromatic carbocycles. The number of ether oxygens (including phenoxy) is 1. The molecule has 1 N–H and O–H groups in total. The number of rotatable bonds is 3. The lowest BCUT2D eigenvalue weighted by molar-refractivity contribution is -0.148. The van der Waals surface area contributed by atoms with Crippen molar-refractivity contribution in [1.82, 2.24) is 4.90 Å². The molecule has 2 fully saturated rings. The van der Waals surface area contributed by atoms with Crippen LogP contribution in [-0.4, -0.2) is 48.2 Å². The second-order valence-electron chi connectivity index (χ2n) is 7.35. The molecular formula is C19H25NO4. The zero-order chi connectivity index (χ0) is 17.4. The van der Waals surface area contributed by atoms with E-state index in [0.29, 0.717) is 39.0 Å². The van der Waals surface area contributed by atoms with Gasteiger partial charge in [-0.3, -0.25) is 9.59 Å². The lowest BCUT2D eigenvalue weighted by Gasteiger charge is -2.40. The molecule has 0 radical (unpaired) electrons. The van der Waals surface area contributed by atoms with Crippen LogP contribution in [0.25, 0.3) is 0 Å². The summed E-state index contributed by atoms with van der Waals surface area (Å²) in [5.74, 6) is -0.764. The van der Waals surface area contributed by atoms with Crippen LogP contribution >= 0.6 is 0 Å². The molecule has 2 saturated heterocycles. The average molecular weight is 331 g/mol. The van der Waals surface area contributed by atoms with Crippen molar-refractivity contribution in [2.24, 2.45) is 5.41 Å². The van der Waals surface area contributed by atoms with Crippen molar-refractivity contribution in [2.45, 2.75) is 38.5 Å². The number of benzene rings is 1. The number of hydrogen-bond donors (Lipinski definition) is 1. The number of likely N-dealkylation sites (tertiary alicyclic amines) is 1. The van der Waals surface area contributed by atoms with Gasteiger partial charge in [0.25, 0.3) is 0 Å². The number of carbonyl (C=O) groups is 2. The molecule has 0 aromatic heterocycles. The molecule has 2 heterocycles. The number of carboxylic acids is 1. The average Bonchev–Trinajstić information content (AvgIpc) is 2.99. The fraction of sp³-hybridized carbons (Fsp3) is 0.579. The maximum atomic E-state index is 13.5. The van der Waals surface area contributed by atoms with Crippen LogP contribution in [-0.2, 0) is 19.7 Å². The smallest absolute Gasteiger partial charge is 0.311 e. The minimum Gasteiger partial charge on any atom is -0.481 e. The maximum Gasteiger partial charge on any atom is 0.311 e. The molecule has 1 unspecified atom stereocenters. The topological polar surface area (TPSA) is 66.8 Å². The number of hydrogen-bond acceptors (Lipinski definition) is 3. The van der Waals surface area contributed by atoms with Gasteiger partial charge in [-0.15, -0.1) is 0 Å². The van der Waals surface area contributed by atoms with Crippen LogP contribution in [0.5, 0.6) is 0 Å². The first-order chi connectivity index (χ1) is 11.4. The van der Waals surface area contributed by atoms with Crippen molar-refractivity contribution < 1.29 is 19.4 Å². The summed E-state index contributed by atoms with van der Waals surface area (Å²) in [5, 5.41) is 9.45. The first-order valence-corrected chi connectivity index (χ1v) is 8.56. The van der Waals surface area contributed by atoms with Gasteiger partial charge < -0.3 is 14.7 Å². The molecule has 5 nitrogen and oxygen atoms in total. The van der Waals surface area contributed by atoms with Gasteiger partial charge in [0.2, 0.25) is 5.91 Å². The molecule has 2 aliphatic heterocycles. The van der Waals surface area contributed by atoms with Crippen LogP contribution in [0.4, 0.5) is 0 Å². The molecule has 0 bridgehead atoms. The summed E-state index contributed by atoms with van der Waals surface area (Å²) in [7, 11) is 0. The van der Waals surface area contributed by atoms with Gasteiger partial charge in [0.15, 0.2) is 0 Å². The van der Waals surface area contributed by atoms with E-state index in [1.807, 2.05) is 31.2 Å².